The fraction of sp³-hybridized carbons (Fsp3) is 0.556. The lowest BCUT2D eigenvalue weighted by Crippen LogP contribution is -2.56. The van der Waals surface area contributed by atoms with Crippen LogP contribution in [0.15, 0.2) is 57.5 Å². The van der Waals surface area contributed by atoms with Gasteiger partial charge in [0.15, 0.2) is 0 Å². The zero-order valence-electron chi connectivity index (χ0n) is 28.7. The van der Waals surface area contributed by atoms with Crippen LogP contribution in [-0.2, 0) is 19.1 Å². The third-order valence-corrected chi connectivity index (χ3v) is 9.72. The Morgan fingerprint density at radius 3 is 1.83 bits per heavy atom. The van der Waals surface area contributed by atoms with Crippen LogP contribution in [0.2, 0.25) is 0 Å². The molecule has 0 bridgehead atoms. The van der Waals surface area contributed by atoms with Gasteiger partial charge in [-0.3, -0.25) is 9.59 Å². The molecule has 0 saturated heterocycles. The SMILES string of the molecule is CC(C)(C)OC(=O)NC1CCC(N(CC2(C(=O)Nc3ccc(Br)cc3)CCCC2)C(=O)OC(C)(C)C)CC1C(=O)Nc1ccc(Br)cc1. The van der Waals surface area contributed by atoms with Crippen LogP contribution in [0.4, 0.5) is 21.0 Å². The zero-order valence-corrected chi connectivity index (χ0v) is 31.8. The molecule has 2 aliphatic carbocycles. The number of carbonyl (C=O) groups excluding carboxylic acids is 4. The molecular formula is C36H48Br2N4O6. The van der Waals surface area contributed by atoms with E-state index in [2.05, 4.69) is 47.8 Å². The van der Waals surface area contributed by atoms with E-state index < -0.39 is 46.8 Å². The third-order valence-electron chi connectivity index (χ3n) is 8.66. The van der Waals surface area contributed by atoms with Crippen LogP contribution in [0.3, 0.4) is 0 Å². The fourth-order valence-electron chi connectivity index (χ4n) is 6.42. The summed E-state index contributed by atoms with van der Waals surface area (Å²) in [6.45, 7) is 10.9. The van der Waals surface area contributed by atoms with Crippen molar-refractivity contribution in [2.75, 3.05) is 17.2 Å². The van der Waals surface area contributed by atoms with Crippen LogP contribution < -0.4 is 16.0 Å². The molecule has 0 aromatic heterocycles. The van der Waals surface area contributed by atoms with Crippen molar-refractivity contribution in [3.63, 3.8) is 0 Å². The Morgan fingerprint density at radius 2 is 1.31 bits per heavy atom. The monoisotopic (exact) mass is 790 g/mol. The van der Waals surface area contributed by atoms with E-state index in [1.54, 1.807) is 37.8 Å². The Labute approximate surface area is 300 Å². The van der Waals surface area contributed by atoms with E-state index >= 15 is 0 Å². The number of nitrogens with zero attached hydrogens (tertiary/aromatic N) is 1. The molecule has 2 aromatic carbocycles. The van der Waals surface area contributed by atoms with Gasteiger partial charge in [-0.25, -0.2) is 9.59 Å². The molecule has 3 N–H and O–H groups in total. The second-order valence-electron chi connectivity index (χ2n) is 14.9. The number of hydrogen-bond donors (Lipinski definition) is 3. The number of nitrogens with one attached hydrogen (secondary N) is 3. The second kappa shape index (κ2) is 15.6. The molecule has 262 valence electrons. The topological polar surface area (TPSA) is 126 Å². The van der Waals surface area contributed by atoms with Gasteiger partial charge in [0.2, 0.25) is 11.8 Å². The van der Waals surface area contributed by atoms with Crippen LogP contribution in [0.5, 0.6) is 0 Å². The number of rotatable bonds is 8. The number of benzene rings is 2. The molecule has 0 heterocycles. The quantitative estimate of drug-likeness (QED) is 0.246. The largest absolute Gasteiger partial charge is 0.444 e. The maximum atomic E-state index is 14.0. The minimum absolute atomic E-state index is 0.138. The van der Waals surface area contributed by atoms with Crippen LogP contribution in [0.25, 0.3) is 0 Å². The molecular weight excluding hydrogens is 744 g/mol. The average Bonchev–Trinajstić information content (AvgIpc) is 3.47. The first-order chi connectivity index (χ1) is 22.4. The van der Waals surface area contributed by atoms with Gasteiger partial charge in [-0.2, -0.15) is 0 Å². The van der Waals surface area contributed by atoms with Crippen molar-refractivity contribution in [2.45, 2.75) is 110 Å². The van der Waals surface area contributed by atoms with Crippen molar-refractivity contribution in [1.82, 2.24) is 10.2 Å². The second-order valence-corrected chi connectivity index (χ2v) is 16.7. The van der Waals surface area contributed by atoms with Gasteiger partial charge in [0.1, 0.15) is 11.2 Å². The van der Waals surface area contributed by atoms with Crippen LogP contribution in [-0.4, -0.2) is 58.7 Å². The number of alkyl carbamates (subject to hydrolysis) is 1. The summed E-state index contributed by atoms with van der Waals surface area (Å²) in [7, 11) is 0. The van der Waals surface area contributed by atoms with Crippen LogP contribution >= 0.6 is 31.9 Å². The molecule has 2 aliphatic rings. The maximum absolute atomic E-state index is 14.0. The summed E-state index contributed by atoms with van der Waals surface area (Å²) in [5, 5.41) is 9.01. The highest BCUT2D eigenvalue weighted by atomic mass is 79.9. The van der Waals surface area contributed by atoms with Crippen molar-refractivity contribution in [3.05, 3.63) is 57.5 Å². The molecule has 4 amide bonds. The van der Waals surface area contributed by atoms with Crippen LogP contribution in [0.1, 0.15) is 86.5 Å². The van der Waals surface area contributed by atoms with Gasteiger partial charge in [-0.15, -0.1) is 0 Å². The molecule has 4 rings (SSSR count). The Kier molecular flexibility index (Phi) is 12.3. The van der Waals surface area contributed by atoms with E-state index in [0.717, 1.165) is 21.8 Å². The first-order valence-electron chi connectivity index (χ1n) is 16.6. The van der Waals surface area contributed by atoms with Gasteiger partial charge in [-0.1, -0.05) is 44.7 Å². The predicted octanol–water partition coefficient (Wildman–Crippen LogP) is 8.65. The molecule has 0 aliphatic heterocycles. The summed E-state index contributed by atoms with van der Waals surface area (Å²) < 4.78 is 13.2. The summed E-state index contributed by atoms with van der Waals surface area (Å²) in [5.41, 5.74) is -1.02. The molecule has 12 heteroatoms. The van der Waals surface area contributed by atoms with E-state index in [1.807, 2.05) is 57.2 Å². The Bertz CT molecular complexity index is 1450. The van der Waals surface area contributed by atoms with Crippen molar-refractivity contribution < 1.29 is 28.7 Å². The lowest BCUT2D eigenvalue weighted by atomic mass is 9.78. The number of anilines is 2. The smallest absolute Gasteiger partial charge is 0.410 e. The van der Waals surface area contributed by atoms with Crippen molar-refractivity contribution in [1.29, 1.82) is 0 Å². The predicted molar refractivity (Wildman–Crippen MR) is 194 cm³/mol. The van der Waals surface area contributed by atoms with Crippen molar-refractivity contribution in [2.24, 2.45) is 11.3 Å². The summed E-state index contributed by atoms with van der Waals surface area (Å²) in [4.78, 5) is 56.5. The molecule has 3 unspecified atom stereocenters. The normalized spacial score (nSPS) is 20.7. The lowest BCUT2D eigenvalue weighted by Gasteiger charge is -2.44. The van der Waals surface area contributed by atoms with E-state index in [0.29, 0.717) is 37.1 Å². The molecule has 2 fully saturated rings. The van der Waals surface area contributed by atoms with E-state index in [4.69, 9.17) is 9.47 Å². The van der Waals surface area contributed by atoms with Crippen molar-refractivity contribution >= 4 is 67.2 Å². The summed E-state index contributed by atoms with van der Waals surface area (Å²) in [6, 6.07) is 13.7. The highest BCUT2D eigenvalue weighted by Crippen LogP contribution is 2.42. The van der Waals surface area contributed by atoms with Crippen LogP contribution in [0, 0.1) is 11.3 Å². The average molecular weight is 793 g/mol. The Balaban J connectivity index is 1.63. The Morgan fingerprint density at radius 1 is 0.792 bits per heavy atom. The van der Waals surface area contributed by atoms with E-state index in [1.165, 1.54) is 0 Å². The standard InChI is InChI=1S/C36H48Br2N4O6/c1-34(2,3)47-32(45)41-29-18-17-27(21-28(29)30(43)39-25-13-9-23(37)10-14-25)42(33(46)48-35(4,5)6)22-36(19-7-8-20-36)31(44)40-26-15-11-24(38)12-16-26/h9-16,27-29H,7-8,17-22H2,1-6H3,(H,39,43)(H,40,44)(H,41,45). The number of carbonyl (C=O) groups is 4. The molecule has 0 spiro atoms. The first kappa shape index (κ1) is 37.7. The maximum Gasteiger partial charge on any atom is 0.410 e. The van der Waals surface area contributed by atoms with Gasteiger partial charge in [-0.05, 0) is 122 Å². The molecule has 0 radical (unpaired) electrons. The Hall–Kier alpha value is -3.12. The molecule has 10 nitrogen and oxygen atoms in total. The molecule has 2 aromatic rings. The summed E-state index contributed by atoms with van der Waals surface area (Å²) >= 11 is 6.86. The van der Waals surface area contributed by atoms with Gasteiger partial charge in [0, 0.05) is 38.9 Å². The van der Waals surface area contributed by atoms with Crippen molar-refractivity contribution in [3.8, 4) is 0 Å². The summed E-state index contributed by atoms with van der Waals surface area (Å²) in [6.07, 6.45) is 3.00. The number of hydrogen-bond acceptors (Lipinski definition) is 6. The summed E-state index contributed by atoms with van der Waals surface area (Å²) in [5.74, 6) is -1.11. The van der Waals surface area contributed by atoms with Gasteiger partial charge >= 0.3 is 12.2 Å². The highest BCUT2D eigenvalue weighted by Gasteiger charge is 2.48. The van der Waals surface area contributed by atoms with Gasteiger partial charge in [0.25, 0.3) is 0 Å². The highest BCUT2D eigenvalue weighted by molar-refractivity contribution is 9.10. The molecule has 48 heavy (non-hydrogen) atoms. The van der Waals surface area contributed by atoms with Gasteiger partial charge in [0.05, 0.1) is 11.3 Å². The first-order valence-corrected chi connectivity index (χ1v) is 18.1. The minimum atomic E-state index is -0.829. The number of halogens is 2. The van der Waals surface area contributed by atoms with E-state index in [9.17, 15) is 19.2 Å². The fourth-order valence-corrected chi connectivity index (χ4v) is 6.94. The minimum Gasteiger partial charge on any atom is -0.444 e. The third kappa shape index (κ3) is 10.7. The number of ether oxygens (including phenoxy) is 2. The van der Waals surface area contributed by atoms with Gasteiger partial charge < -0.3 is 30.3 Å². The van der Waals surface area contributed by atoms with E-state index in [-0.39, 0.29) is 24.8 Å². The number of amides is 4. The molecule has 3 atom stereocenters. The zero-order chi connectivity index (χ0) is 35.3. The molecule has 2 saturated carbocycles. The lowest BCUT2D eigenvalue weighted by molar-refractivity contribution is -0.128.